The highest BCUT2D eigenvalue weighted by atomic mass is 19.1. The van der Waals surface area contributed by atoms with Crippen LogP contribution in [0, 0.1) is 17.1 Å². The average molecular weight is 393 g/mol. The van der Waals surface area contributed by atoms with Gasteiger partial charge in [-0.15, -0.1) is 0 Å². The largest absolute Gasteiger partial charge is 0.372 e. The Morgan fingerprint density at radius 1 is 1.21 bits per heavy atom. The quantitative estimate of drug-likeness (QED) is 0.779. The topological polar surface area (TPSA) is 57.8 Å². The Morgan fingerprint density at radius 3 is 2.76 bits per heavy atom. The van der Waals surface area contributed by atoms with Crippen molar-refractivity contribution >= 4 is 5.84 Å². The average Bonchev–Trinajstić information content (AvgIpc) is 3.13. The van der Waals surface area contributed by atoms with E-state index in [4.69, 9.17) is 9.47 Å². The van der Waals surface area contributed by atoms with Gasteiger partial charge >= 0.3 is 0 Å². The van der Waals surface area contributed by atoms with Crippen LogP contribution in [0.15, 0.2) is 47.5 Å². The first-order valence-corrected chi connectivity index (χ1v) is 9.88. The molecule has 2 aromatic carbocycles. The summed E-state index contributed by atoms with van der Waals surface area (Å²) in [4.78, 5) is 6.67. The van der Waals surface area contributed by atoms with Crippen LogP contribution in [0.2, 0.25) is 0 Å². The molecule has 2 aliphatic heterocycles. The monoisotopic (exact) mass is 393 g/mol. The number of benzene rings is 2. The highest BCUT2D eigenvalue weighted by Gasteiger charge is 2.41. The summed E-state index contributed by atoms with van der Waals surface area (Å²) in [7, 11) is 2.03. The zero-order valence-electron chi connectivity index (χ0n) is 16.5. The molecule has 4 rings (SSSR count). The van der Waals surface area contributed by atoms with E-state index in [2.05, 4.69) is 16.0 Å². The highest BCUT2D eigenvalue weighted by molar-refractivity contribution is 5.83. The van der Waals surface area contributed by atoms with Crippen LogP contribution in [0.25, 0.3) is 0 Å². The summed E-state index contributed by atoms with van der Waals surface area (Å²) >= 11 is 0. The zero-order chi connectivity index (χ0) is 20.3. The fourth-order valence-electron chi connectivity index (χ4n) is 4.14. The summed E-state index contributed by atoms with van der Waals surface area (Å²) in [6.07, 6.45) is 1.61. The van der Waals surface area contributed by atoms with Crippen LogP contribution in [-0.4, -0.2) is 44.1 Å². The van der Waals surface area contributed by atoms with Gasteiger partial charge in [0.2, 0.25) is 0 Å². The van der Waals surface area contributed by atoms with Crippen LogP contribution in [0.1, 0.15) is 35.1 Å². The van der Waals surface area contributed by atoms with Crippen molar-refractivity contribution < 1.29 is 13.9 Å². The normalized spacial score (nSPS) is 20.7. The second-order valence-corrected chi connectivity index (χ2v) is 7.48. The molecule has 0 radical (unpaired) electrons. The van der Waals surface area contributed by atoms with Crippen molar-refractivity contribution in [2.45, 2.75) is 25.0 Å². The molecule has 1 unspecified atom stereocenters. The Labute approximate surface area is 170 Å². The molecular weight excluding hydrogens is 369 g/mol. The third-order valence-corrected chi connectivity index (χ3v) is 5.68. The lowest BCUT2D eigenvalue weighted by Crippen LogP contribution is -2.36. The lowest BCUT2D eigenvalue weighted by molar-refractivity contribution is -0.0137. The van der Waals surface area contributed by atoms with Crippen molar-refractivity contribution in [2.24, 2.45) is 4.99 Å². The number of nitrogens with zero attached hydrogens (tertiary/aromatic N) is 3. The molecule has 150 valence electrons. The SMILES string of the molecule is CN(CCCC1(c2ccc(F)cc2)OCc2cc(C#N)ccc21)C1=NCCOC1. The molecule has 5 nitrogen and oxygen atoms in total. The number of hydrogen-bond donors (Lipinski definition) is 0. The van der Waals surface area contributed by atoms with Crippen LogP contribution in [0.5, 0.6) is 0 Å². The van der Waals surface area contributed by atoms with E-state index < -0.39 is 5.60 Å². The molecule has 0 fully saturated rings. The molecule has 0 saturated heterocycles. The third-order valence-electron chi connectivity index (χ3n) is 5.68. The van der Waals surface area contributed by atoms with E-state index in [0.29, 0.717) is 31.9 Å². The van der Waals surface area contributed by atoms with Crippen LogP contribution >= 0.6 is 0 Å². The van der Waals surface area contributed by atoms with Crippen molar-refractivity contribution in [2.75, 3.05) is 33.4 Å². The summed E-state index contributed by atoms with van der Waals surface area (Å²) in [6, 6.07) is 14.4. The van der Waals surface area contributed by atoms with Gasteiger partial charge in [0.05, 0.1) is 31.4 Å². The number of ether oxygens (including phenoxy) is 2. The van der Waals surface area contributed by atoms with E-state index in [0.717, 1.165) is 41.9 Å². The number of rotatable bonds is 5. The molecule has 0 amide bonds. The first-order valence-electron chi connectivity index (χ1n) is 9.88. The van der Waals surface area contributed by atoms with E-state index >= 15 is 0 Å². The van der Waals surface area contributed by atoms with Gasteiger partial charge in [-0.2, -0.15) is 5.26 Å². The van der Waals surface area contributed by atoms with E-state index in [9.17, 15) is 9.65 Å². The Balaban J connectivity index is 1.59. The lowest BCUT2D eigenvalue weighted by atomic mass is 9.81. The van der Waals surface area contributed by atoms with Crippen molar-refractivity contribution in [3.8, 4) is 6.07 Å². The number of fused-ring (bicyclic) bond motifs is 1. The molecule has 1 atom stereocenters. The number of halogens is 1. The molecule has 6 heteroatoms. The lowest BCUT2D eigenvalue weighted by Gasteiger charge is -2.32. The second-order valence-electron chi connectivity index (χ2n) is 7.48. The standard InChI is InChI=1S/C23H24FN3O2/c1-27(22-16-28-12-10-26-22)11-2-9-23(19-4-6-20(24)7-5-19)21-8-3-17(14-25)13-18(21)15-29-23/h3-8,13H,2,9-12,15-16H2,1H3. The fourth-order valence-corrected chi connectivity index (χ4v) is 4.14. The Kier molecular flexibility index (Phi) is 5.61. The van der Waals surface area contributed by atoms with Crippen LogP contribution in [0.4, 0.5) is 4.39 Å². The van der Waals surface area contributed by atoms with Gasteiger partial charge < -0.3 is 14.4 Å². The fraction of sp³-hybridized carbons (Fsp3) is 0.391. The number of aliphatic imine (C=N–C) groups is 1. The smallest absolute Gasteiger partial charge is 0.125 e. The van der Waals surface area contributed by atoms with E-state index in [-0.39, 0.29) is 5.82 Å². The summed E-state index contributed by atoms with van der Waals surface area (Å²) < 4.78 is 25.4. The maximum absolute atomic E-state index is 13.5. The van der Waals surface area contributed by atoms with Gasteiger partial charge in [0, 0.05) is 13.6 Å². The third kappa shape index (κ3) is 3.89. The predicted octanol–water partition coefficient (Wildman–Crippen LogP) is 3.61. The predicted molar refractivity (Wildman–Crippen MR) is 108 cm³/mol. The Morgan fingerprint density at radius 2 is 2.03 bits per heavy atom. The van der Waals surface area contributed by atoms with Gasteiger partial charge in [-0.25, -0.2) is 4.39 Å². The van der Waals surface area contributed by atoms with Crippen LogP contribution in [-0.2, 0) is 21.7 Å². The van der Waals surface area contributed by atoms with E-state index in [1.807, 2.05) is 25.2 Å². The van der Waals surface area contributed by atoms with Crippen molar-refractivity contribution in [3.63, 3.8) is 0 Å². The summed E-state index contributed by atoms with van der Waals surface area (Å²) in [5.41, 5.74) is 3.00. The number of nitriles is 1. The zero-order valence-corrected chi connectivity index (χ0v) is 16.5. The first kappa shape index (κ1) is 19.6. The van der Waals surface area contributed by atoms with Crippen molar-refractivity contribution in [1.29, 1.82) is 5.26 Å². The van der Waals surface area contributed by atoms with Crippen molar-refractivity contribution in [1.82, 2.24) is 4.90 Å². The maximum atomic E-state index is 13.5. The molecule has 0 N–H and O–H groups in total. The minimum atomic E-state index is -0.636. The maximum Gasteiger partial charge on any atom is 0.125 e. The molecule has 2 heterocycles. The Hall–Kier alpha value is -2.75. The Bertz CT molecular complexity index is 952. The van der Waals surface area contributed by atoms with Crippen LogP contribution < -0.4 is 0 Å². The summed E-state index contributed by atoms with van der Waals surface area (Å²) in [5, 5.41) is 9.21. The van der Waals surface area contributed by atoms with E-state index in [1.54, 1.807) is 12.1 Å². The van der Waals surface area contributed by atoms with Gasteiger partial charge in [0.1, 0.15) is 23.9 Å². The molecule has 0 bridgehead atoms. The molecule has 2 aromatic rings. The first-order chi connectivity index (χ1) is 14.1. The molecule has 2 aliphatic rings. The van der Waals surface area contributed by atoms with Gasteiger partial charge in [-0.1, -0.05) is 18.2 Å². The molecule has 0 spiro atoms. The summed E-state index contributed by atoms with van der Waals surface area (Å²) in [5.74, 6) is 0.704. The van der Waals surface area contributed by atoms with Crippen LogP contribution in [0.3, 0.4) is 0 Å². The van der Waals surface area contributed by atoms with Crippen molar-refractivity contribution in [3.05, 3.63) is 70.5 Å². The van der Waals surface area contributed by atoms with Gasteiger partial charge in [0.25, 0.3) is 0 Å². The summed E-state index contributed by atoms with van der Waals surface area (Å²) in [6.45, 7) is 3.20. The van der Waals surface area contributed by atoms with E-state index in [1.165, 1.54) is 12.1 Å². The second kappa shape index (κ2) is 8.32. The molecule has 29 heavy (non-hydrogen) atoms. The number of amidine groups is 1. The van der Waals surface area contributed by atoms with Gasteiger partial charge in [-0.3, -0.25) is 4.99 Å². The molecule has 0 aliphatic carbocycles. The number of likely N-dealkylation sites (N-methyl/N-ethyl adjacent to an activating group) is 1. The molecular formula is C23H24FN3O2. The van der Waals surface area contributed by atoms with Gasteiger partial charge in [-0.05, 0) is 53.8 Å². The van der Waals surface area contributed by atoms with Gasteiger partial charge in [0.15, 0.2) is 0 Å². The number of hydrogen-bond acceptors (Lipinski definition) is 5. The molecule has 0 saturated carbocycles. The highest BCUT2D eigenvalue weighted by Crippen LogP contribution is 2.45. The minimum absolute atomic E-state index is 0.267. The minimum Gasteiger partial charge on any atom is -0.372 e. The molecule has 0 aromatic heterocycles.